The minimum absolute atomic E-state index is 0.00509. The quantitative estimate of drug-likeness (QED) is 0.815. The summed E-state index contributed by atoms with van der Waals surface area (Å²) in [5.41, 5.74) is 2.71. The lowest BCUT2D eigenvalue weighted by atomic mass is 9.95. The van der Waals surface area contributed by atoms with Crippen LogP contribution in [0.1, 0.15) is 53.6 Å². The van der Waals surface area contributed by atoms with Crippen molar-refractivity contribution in [3.63, 3.8) is 0 Å². The Balaban J connectivity index is 1.38. The molecule has 0 aromatic heterocycles. The van der Waals surface area contributed by atoms with Crippen molar-refractivity contribution in [3.05, 3.63) is 65.2 Å². The molecule has 0 unspecified atom stereocenters. The van der Waals surface area contributed by atoms with Crippen molar-refractivity contribution < 1.29 is 14.3 Å². The van der Waals surface area contributed by atoms with Gasteiger partial charge >= 0.3 is 0 Å². The van der Waals surface area contributed by atoms with E-state index < -0.39 is 0 Å². The van der Waals surface area contributed by atoms with E-state index in [0.717, 1.165) is 30.4 Å². The maximum Gasteiger partial charge on any atom is 0.258 e. The highest BCUT2D eigenvalue weighted by atomic mass is 16.5. The van der Waals surface area contributed by atoms with E-state index in [-0.39, 0.29) is 24.5 Å². The minimum Gasteiger partial charge on any atom is -0.483 e. The van der Waals surface area contributed by atoms with Gasteiger partial charge in [-0.05, 0) is 37.0 Å². The molecule has 2 aromatic rings. The number of rotatable bonds is 6. The van der Waals surface area contributed by atoms with Crippen LogP contribution in [0.15, 0.2) is 48.5 Å². The summed E-state index contributed by atoms with van der Waals surface area (Å²) in [4.78, 5) is 27.1. The summed E-state index contributed by atoms with van der Waals surface area (Å²) in [5.74, 6) is 0.587. The predicted octanol–water partition coefficient (Wildman–Crippen LogP) is 3.71. The van der Waals surface area contributed by atoms with Gasteiger partial charge in [-0.15, -0.1) is 0 Å². The Morgan fingerprint density at radius 3 is 2.62 bits per heavy atom. The molecule has 1 aliphatic heterocycles. The topological polar surface area (TPSA) is 58.6 Å². The number of carbonyl (C=O) groups excluding carboxylic acids is 2. The summed E-state index contributed by atoms with van der Waals surface area (Å²) in [6, 6.07) is 15.8. The van der Waals surface area contributed by atoms with Gasteiger partial charge in [-0.3, -0.25) is 9.59 Å². The van der Waals surface area contributed by atoms with Gasteiger partial charge in [0.2, 0.25) is 0 Å². The Kier molecular flexibility index (Phi) is 6.13. The van der Waals surface area contributed by atoms with Gasteiger partial charge < -0.3 is 15.0 Å². The van der Waals surface area contributed by atoms with Gasteiger partial charge in [0, 0.05) is 30.3 Å². The zero-order chi connectivity index (χ0) is 20.1. The molecular formula is C24H28N2O3. The van der Waals surface area contributed by atoms with Crippen molar-refractivity contribution in [1.29, 1.82) is 0 Å². The number of fused-ring (bicyclic) bond motifs is 1. The van der Waals surface area contributed by atoms with E-state index in [1.54, 1.807) is 0 Å². The van der Waals surface area contributed by atoms with E-state index in [4.69, 9.17) is 4.74 Å². The summed E-state index contributed by atoms with van der Waals surface area (Å²) in [6.45, 7) is 1.25. The van der Waals surface area contributed by atoms with Gasteiger partial charge in [0.15, 0.2) is 6.61 Å². The first-order valence-electron chi connectivity index (χ1n) is 10.6. The number of carbonyl (C=O) groups is 2. The normalized spacial score (nSPS) is 17.0. The van der Waals surface area contributed by atoms with Crippen molar-refractivity contribution in [2.45, 2.75) is 51.1 Å². The summed E-state index contributed by atoms with van der Waals surface area (Å²) < 4.78 is 5.83. The van der Waals surface area contributed by atoms with Crippen LogP contribution in [0.3, 0.4) is 0 Å². The van der Waals surface area contributed by atoms with Crippen LogP contribution < -0.4 is 10.1 Å². The summed E-state index contributed by atoms with van der Waals surface area (Å²) in [6.07, 6.45) is 6.46. The standard InChI is InChI=1S/C24H28N2O3/c27-23(25-19-10-5-2-6-11-19)17-29-22-13-7-12-21-20(22)14-15-26(24(21)28)16-18-8-3-1-4-9-18/h1,3-4,7-9,12-13,19H,2,5-6,10-11,14-17H2,(H,25,27). The molecule has 1 fully saturated rings. The van der Waals surface area contributed by atoms with Crippen LogP contribution in [0.2, 0.25) is 0 Å². The first-order valence-corrected chi connectivity index (χ1v) is 10.6. The second-order valence-corrected chi connectivity index (χ2v) is 7.94. The van der Waals surface area contributed by atoms with Crippen molar-refractivity contribution in [1.82, 2.24) is 10.2 Å². The molecule has 0 bridgehead atoms. The Labute approximate surface area is 172 Å². The second kappa shape index (κ2) is 9.12. The van der Waals surface area contributed by atoms with Crippen LogP contribution in [0, 0.1) is 0 Å². The number of benzene rings is 2. The number of hydrogen-bond acceptors (Lipinski definition) is 3. The fraction of sp³-hybridized carbons (Fsp3) is 0.417. The summed E-state index contributed by atoms with van der Waals surface area (Å²) >= 11 is 0. The van der Waals surface area contributed by atoms with Crippen molar-refractivity contribution in [2.24, 2.45) is 0 Å². The molecule has 2 aliphatic rings. The third kappa shape index (κ3) is 4.78. The maximum absolute atomic E-state index is 13.0. The van der Waals surface area contributed by atoms with Crippen molar-refractivity contribution >= 4 is 11.8 Å². The first kappa shape index (κ1) is 19.5. The highest BCUT2D eigenvalue weighted by molar-refractivity contribution is 5.97. The number of nitrogens with one attached hydrogen (secondary N) is 1. The average Bonchev–Trinajstić information content (AvgIpc) is 2.76. The predicted molar refractivity (Wildman–Crippen MR) is 112 cm³/mol. The van der Waals surface area contributed by atoms with Crippen LogP contribution in [0.4, 0.5) is 0 Å². The van der Waals surface area contributed by atoms with Crippen LogP contribution in [-0.4, -0.2) is 35.9 Å². The van der Waals surface area contributed by atoms with Crippen LogP contribution in [0.25, 0.3) is 0 Å². The van der Waals surface area contributed by atoms with Crippen LogP contribution >= 0.6 is 0 Å². The highest BCUT2D eigenvalue weighted by Crippen LogP contribution is 2.29. The SMILES string of the molecule is O=C(COc1cccc2c1CCN(Cc1ccccc1)C2=O)NC1CCCCC1. The second-order valence-electron chi connectivity index (χ2n) is 7.94. The van der Waals surface area contributed by atoms with Crippen LogP contribution in [-0.2, 0) is 17.8 Å². The number of nitrogens with zero attached hydrogens (tertiary/aromatic N) is 1. The molecule has 2 amide bonds. The van der Waals surface area contributed by atoms with Gasteiger partial charge in [0.05, 0.1) is 0 Å². The molecular weight excluding hydrogens is 364 g/mol. The molecule has 1 N–H and O–H groups in total. The summed E-state index contributed by atoms with van der Waals surface area (Å²) in [5, 5.41) is 3.07. The number of ether oxygens (including phenoxy) is 1. The van der Waals surface area contributed by atoms with Gasteiger partial charge in [-0.2, -0.15) is 0 Å². The van der Waals surface area contributed by atoms with E-state index in [9.17, 15) is 9.59 Å². The van der Waals surface area contributed by atoms with E-state index >= 15 is 0 Å². The van der Waals surface area contributed by atoms with Crippen LogP contribution in [0.5, 0.6) is 5.75 Å². The van der Waals surface area contributed by atoms with Crippen molar-refractivity contribution in [3.8, 4) is 5.75 Å². The minimum atomic E-state index is -0.0812. The molecule has 29 heavy (non-hydrogen) atoms. The molecule has 5 nitrogen and oxygen atoms in total. The third-order valence-electron chi connectivity index (χ3n) is 5.83. The Morgan fingerprint density at radius 1 is 1.03 bits per heavy atom. The molecule has 152 valence electrons. The van der Waals surface area contributed by atoms with E-state index in [2.05, 4.69) is 5.32 Å². The molecule has 1 heterocycles. The monoisotopic (exact) mass is 392 g/mol. The zero-order valence-electron chi connectivity index (χ0n) is 16.7. The summed E-state index contributed by atoms with van der Waals surface area (Å²) in [7, 11) is 0. The molecule has 0 spiro atoms. The van der Waals surface area contributed by atoms with Crippen molar-refractivity contribution in [2.75, 3.05) is 13.2 Å². The van der Waals surface area contributed by atoms with Gasteiger partial charge in [0.25, 0.3) is 11.8 Å². The molecule has 0 saturated heterocycles. The van der Waals surface area contributed by atoms with Gasteiger partial charge in [-0.1, -0.05) is 55.7 Å². The van der Waals surface area contributed by atoms with E-state index in [1.807, 2.05) is 53.4 Å². The molecule has 0 atom stereocenters. The van der Waals surface area contributed by atoms with E-state index in [1.165, 1.54) is 19.3 Å². The lowest BCUT2D eigenvalue weighted by Gasteiger charge is -2.29. The molecule has 2 aromatic carbocycles. The first-order chi connectivity index (χ1) is 14.2. The Morgan fingerprint density at radius 2 is 1.83 bits per heavy atom. The smallest absolute Gasteiger partial charge is 0.258 e. The molecule has 1 saturated carbocycles. The number of hydrogen-bond donors (Lipinski definition) is 1. The fourth-order valence-electron chi connectivity index (χ4n) is 4.29. The largest absolute Gasteiger partial charge is 0.483 e. The third-order valence-corrected chi connectivity index (χ3v) is 5.83. The Hall–Kier alpha value is -2.82. The Bertz CT molecular complexity index is 860. The number of amides is 2. The molecule has 1 aliphatic carbocycles. The highest BCUT2D eigenvalue weighted by Gasteiger charge is 2.27. The molecule has 4 rings (SSSR count). The van der Waals surface area contributed by atoms with Gasteiger partial charge in [-0.25, -0.2) is 0 Å². The lowest BCUT2D eigenvalue weighted by molar-refractivity contribution is -0.124. The maximum atomic E-state index is 13.0. The van der Waals surface area contributed by atoms with Gasteiger partial charge in [0.1, 0.15) is 5.75 Å². The zero-order valence-corrected chi connectivity index (χ0v) is 16.7. The van der Waals surface area contributed by atoms with E-state index in [0.29, 0.717) is 24.4 Å². The molecule has 5 heteroatoms. The molecule has 0 radical (unpaired) electrons. The lowest BCUT2D eigenvalue weighted by Crippen LogP contribution is -2.39. The average molecular weight is 392 g/mol. The fourth-order valence-corrected chi connectivity index (χ4v) is 4.29.